The lowest BCUT2D eigenvalue weighted by atomic mass is 10.2. The Hall–Kier alpha value is -1.77. The first-order valence-corrected chi connectivity index (χ1v) is 9.09. The number of carbonyl (C=O) groups is 1. The van der Waals surface area contributed by atoms with Crippen molar-refractivity contribution in [1.29, 1.82) is 0 Å². The Morgan fingerprint density at radius 2 is 1.88 bits per heavy atom. The summed E-state index contributed by atoms with van der Waals surface area (Å²) in [5.41, 5.74) is 0.138. The third-order valence-corrected chi connectivity index (χ3v) is 6.02. The number of sulfonamides is 1. The van der Waals surface area contributed by atoms with Crippen LogP contribution < -0.4 is 0 Å². The van der Waals surface area contributed by atoms with Gasteiger partial charge in [0.1, 0.15) is 11.4 Å². The smallest absolute Gasteiger partial charge is 0.342 e. The van der Waals surface area contributed by atoms with Gasteiger partial charge in [0, 0.05) is 18.1 Å². The molecule has 2 aromatic rings. The van der Waals surface area contributed by atoms with Crippen molar-refractivity contribution in [2.45, 2.75) is 11.4 Å². The second-order valence-corrected chi connectivity index (χ2v) is 7.82. The number of ether oxygens (including phenoxy) is 1. The molecule has 2 aromatic carbocycles. The predicted octanol–water partition coefficient (Wildman–Crippen LogP) is 3.20. The molecular weight excluding hydrogens is 401 g/mol. The highest BCUT2D eigenvalue weighted by Crippen LogP contribution is 2.25. The highest BCUT2D eigenvalue weighted by Gasteiger charge is 2.29. The van der Waals surface area contributed by atoms with E-state index in [0.717, 1.165) is 27.5 Å². The van der Waals surface area contributed by atoms with Crippen LogP contribution in [-0.4, -0.2) is 32.8 Å². The molecule has 0 amide bonds. The van der Waals surface area contributed by atoms with Crippen LogP contribution in [0.3, 0.4) is 0 Å². The minimum atomic E-state index is -4.09. The zero-order chi connectivity index (χ0) is 17.9. The molecule has 0 aliphatic carbocycles. The highest BCUT2D eigenvalue weighted by molar-refractivity contribution is 9.10. The summed E-state index contributed by atoms with van der Waals surface area (Å²) < 4.78 is 45.8. The van der Waals surface area contributed by atoms with Crippen molar-refractivity contribution in [3.8, 4) is 0 Å². The summed E-state index contributed by atoms with van der Waals surface area (Å²) >= 11 is 3.35. The fourth-order valence-corrected chi connectivity index (χ4v) is 3.88. The van der Waals surface area contributed by atoms with Crippen LogP contribution in [0.4, 0.5) is 4.39 Å². The van der Waals surface area contributed by atoms with E-state index in [1.807, 2.05) is 6.07 Å². The average molecular weight is 416 g/mol. The van der Waals surface area contributed by atoms with E-state index < -0.39 is 32.3 Å². The maximum atomic E-state index is 14.0. The van der Waals surface area contributed by atoms with Crippen LogP contribution >= 0.6 is 15.9 Å². The Bertz CT molecular complexity index is 870. The van der Waals surface area contributed by atoms with E-state index in [1.54, 1.807) is 18.2 Å². The molecule has 0 spiro atoms. The minimum absolute atomic E-state index is 0.0564. The molecule has 2 rings (SSSR count). The van der Waals surface area contributed by atoms with Crippen molar-refractivity contribution in [2.24, 2.45) is 0 Å². The normalized spacial score (nSPS) is 11.5. The van der Waals surface area contributed by atoms with Gasteiger partial charge < -0.3 is 4.74 Å². The Morgan fingerprint density at radius 3 is 2.50 bits per heavy atom. The van der Waals surface area contributed by atoms with Crippen molar-refractivity contribution in [2.75, 3.05) is 14.2 Å². The molecule has 0 fully saturated rings. The molecule has 8 heteroatoms. The molecule has 0 heterocycles. The first-order chi connectivity index (χ1) is 11.3. The molecule has 0 aliphatic heterocycles. The van der Waals surface area contributed by atoms with Crippen LogP contribution in [0.2, 0.25) is 0 Å². The number of halogens is 2. The van der Waals surface area contributed by atoms with Crippen LogP contribution in [-0.2, 0) is 21.3 Å². The van der Waals surface area contributed by atoms with E-state index in [0.29, 0.717) is 0 Å². The molecule has 0 saturated carbocycles. The summed E-state index contributed by atoms with van der Waals surface area (Å²) in [5, 5.41) is 0. The second-order valence-electron chi connectivity index (χ2n) is 4.96. The molecule has 0 saturated heterocycles. The molecule has 0 aromatic heterocycles. The van der Waals surface area contributed by atoms with Crippen molar-refractivity contribution in [1.82, 2.24) is 4.31 Å². The Balaban J connectivity index is 2.46. The highest BCUT2D eigenvalue weighted by atomic mass is 79.9. The molecule has 128 valence electrons. The first-order valence-electron chi connectivity index (χ1n) is 6.85. The van der Waals surface area contributed by atoms with Gasteiger partial charge in [-0.05, 0) is 23.8 Å². The van der Waals surface area contributed by atoms with Crippen LogP contribution in [0.25, 0.3) is 0 Å². The summed E-state index contributed by atoms with van der Waals surface area (Å²) in [6, 6.07) is 10.6. The van der Waals surface area contributed by atoms with Gasteiger partial charge in [0.25, 0.3) is 0 Å². The quantitative estimate of drug-likeness (QED) is 0.703. The van der Waals surface area contributed by atoms with Gasteiger partial charge in [-0.15, -0.1) is 0 Å². The van der Waals surface area contributed by atoms with Gasteiger partial charge in [0.05, 0.1) is 12.0 Å². The van der Waals surface area contributed by atoms with Gasteiger partial charge in [-0.3, -0.25) is 0 Å². The fraction of sp³-hybridized carbons (Fsp3) is 0.188. The first kappa shape index (κ1) is 18.6. The average Bonchev–Trinajstić information content (AvgIpc) is 2.55. The molecule has 0 atom stereocenters. The summed E-state index contributed by atoms with van der Waals surface area (Å²) in [7, 11) is -1.66. The van der Waals surface area contributed by atoms with E-state index in [4.69, 9.17) is 0 Å². The zero-order valence-corrected chi connectivity index (χ0v) is 15.4. The minimum Gasteiger partial charge on any atom is -0.465 e. The molecule has 0 N–H and O–H groups in total. The van der Waals surface area contributed by atoms with Gasteiger partial charge in [0.15, 0.2) is 0 Å². The number of esters is 1. The van der Waals surface area contributed by atoms with Crippen LogP contribution in [0, 0.1) is 5.82 Å². The number of methoxy groups -OCH3 is 1. The zero-order valence-electron chi connectivity index (χ0n) is 13.0. The number of nitrogens with zero attached hydrogens (tertiary/aromatic N) is 1. The van der Waals surface area contributed by atoms with E-state index in [2.05, 4.69) is 20.7 Å². The van der Waals surface area contributed by atoms with Gasteiger partial charge in [-0.1, -0.05) is 40.2 Å². The van der Waals surface area contributed by atoms with Crippen LogP contribution in [0.5, 0.6) is 0 Å². The molecular formula is C16H15BrFNO4S. The van der Waals surface area contributed by atoms with E-state index in [-0.39, 0.29) is 6.54 Å². The monoisotopic (exact) mass is 415 g/mol. The third-order valence-electron chi connectivity index (χ3n) is 3.40. The standard InChI is InChI=1S/C16H15BrFNO4S/c1-19(10-11-6-3-4-7-12(11)17)24(21,22)14-9-5-8-13(18)15(14)16(20)23-2/h3-9H,10H2,1-2H3. The second kappa shape index (κ2) is 7.42. The van der Waals surface area contributed by atoms with E-state index >= 15 is 0 Å². The summed E-state index contributed by atoms with van der Waals surface area (Å²) in [6.07, 6.45) is 0. The third kappa shape index (κ3) is 3.66. The lowest BCUT2D eigenvalue weighted by Crippen LogP contribution is -2.28. The van der Waals surface area contributed by atoms with Gasteiger partial charge in [-0.25, -0.2) is 17.6 Å². The predicted molar refractivity (Wildman–Crippen MR) is 90.5 cm³/mol. The lowest BCUT2D eigenvalue weighted by Gasteiger charge is -2.19. The summed E-state index contributed by atoms with van der Waals surface area (Å²) in [4.78, 5) is 11.4. The van der Waals surface area contributed by atoms with E-state index in [9.17, 15) is 17.6 Å². The lowest BCUT2D eigenvalue weighted by molar-refractivity contribution is 0.0590. The number of hydrogen-bond acceptors (Lipinski definition) is 4. The number of hydrogen-bond donors (Lipinski definition) is 0. The molecule has 0 bridgehead atoms. The van der Waals surface area contributed by atoms with E-state index in [1.165, 1.54) is 19.2 Å². The van der Waals surface area contributed by atoms with Crippen molar-refractivity contribution in [3.63, 3.8) is 0 Å². The largest absolute Gasteiger partial charge is 0.465 e. The Labute approximate surface area is 148 Å². The fourth-order valence-electron chi connectivity index (χ4n) is 2.14. The maximum absolute atomic E-state index is 14.0. The number of benzene rings is 2. The number of carbonyl (C=O) groups excluding carboxylic acids is 1. The van der Waals surface area contributed by atoms with Crippen molar-refractivity contribution >= 4 is 31.9 Å². The molecule has 0 unspecified atom stereocenters. The van der Waals surface area contributed by atoms with Gasteiger partial charge >= 0.3 is 5.97 Å². The van der Waals surface area contributed by atoms with Crippen molar-refractivity contribution < 1.29 is 22.3 Å². The SMILES string of the molecule is COC(=O)c1c(F)cccc1S(=O)(=O)N(C)Cc1ccccc1Br. The van der Waals surface area contributed by atoms with Gasteiger partial charge in [0.2, 0.25) is 10.0 Å². The summed E-state index contributed by atoms with van der Waals surface area (Å²) in [5.74, 6) is -1.99. The topological polar surface area (TPSA) is 63.7 Å². The Morgan fingerprint density at radius 1 is 1.21 bits per heavy atom. The maximum Gasteiger partial charge on any atom is 0.342 e. The molecule has 5 nitrogen and oxygen atoms in total. The molecule has 24 heavy (non-hydrogen) atoms. The Kier molecular flexibility index (Phi) is 5.74. The number of rotatable bonds is 5. The van der Waals surface area contributed by atoms with Gasteiger partial charge in [-0.2, -0.15) is 4.31 Å². The van der Waals surface area contributed by atoms with Crippen LogP contribution in [0.15, 0.2) is 51.8 Å². The molecule has 0 radical (unpaired) electrons. The molecule has 0 aliphatic rings. The summed E-state index contributed by atoms with van der Waals surface area (Å²) in [6.45, 7) is 0.0564. The van der Waals surface area contributed by atoms with Crippen LogP contribution in [0.1, 0.15) is 15.9 Å². The van der Waals surface area contributed by atoms with Crippen molar-refractivity contribution in [3.05, 3.63) is 63.9 Å².